The van der Waals surface area contributed by atoms with Crippen LogP contribution < -0.4 is 16.4 Å². The molecule has 2 aromatic heterocycles. The van der Waals surface area contributed by atoms with Gasteiger partial charge in [-0.3, -0.25) is 14.9 Å². The summed E-state index contributed by atoms with van der Waals surface area (Å²) in [5.74, 6) is 0.914. The van der Waals surface area contributed by atoms with Gasteiger partial charge in [-0.1, -0.05) is 12.1 Å². The molecule has 3 aromatic rings. The molecule has 31 heavy (non-hydrogen) atoms. The quantitative estimate of drug-likeness (QED) is 0.586. The van der Waals surface area contributed by atoms with E-state index in [2.05, 4.69) is 49.7 Å². The molecule has 4 rings (SSSR count). The largest absolute Gasteiger partial charge is 0.384 e. The smallest absolute Gasteiger partial charge is 0.324 e. The molecule has 4 N–H and O–H groups in total. The van der Waals surface area contributed by atoms with E-state index in [0.29, 0.717) is 11.6 Å². The number of nitrogens with two attached hydrogens (primary N) is 1. The number of hydrogen-bond donors (Lipinski definition) is 3. The first kappa shape index (κ1) is 20.8. The highest BCUT2D eigenvalue weighted by atomic mass is 16.2. The van der Waals surface area contributed by atoms with Crippen molar-refractivity contribution >= 4 is 23.4 Å². The lowest BCUT2D eigenvalue weighted by Gasteiger charge is -2.32. The van der Waals surface area contributed by atoms with E-state index in [1.807, 2.05) is 25.2 Å². The summed E-state index contributed by atoms with van der Waals surface area (Å²) in [5.41, 5.74) is 9.32. The Morgan fingerprint density at radius 1 is 1.03 bits per heavy atom. The average Bonchev–Trinajstić information content (AvgIpc) is 3.11. The van der Waals surface area contributed by atoms with Crippen LogP contribution in [0.3, 0.4) is 0 Å². The fourth-order valence-corrected chi connectivity index (χ4v) is 3.59. The Labute approximate surface area is 181 Å². The third kappa shape index (κ3) is 5.39. The zero-order valence-corrected chi connectivity index (χ0v) is 17.9. The van der Waals surface area contributed by atoms with Gasteiger partial charge in [0.05, 0.1) is 5.69 Å². The molecule has 162 valence electrons. The van der Waals surface area contributed by atoms with Crippen LogP contribution in [0.25, 0.3) is 11.3 Å². The number of aryl methyl sites for hydroxylation is 1. The average molecular weight is 421 g/mol. The Morgan fingerprint density at radius 3 is 2.45 bits per heavy atom. The maximum Gasteiger partial charge on any atom is 0.324 e. The summed E-state index contributed by atoms with van der Waals surface area (Å²) >= 11 is 0. The summed E-state index contributed by atoms with van der Waals surface area (Å²) in [7, 11) is 3.97. The molecule has 1 fully saturated rings. The van der Waals surface area contributed by atoms with Crippen molar-refractivity contribution in [3.63, 3.8) is 0 Å². The van der Waals surface area contributed by atoms with E-state index in [1.54, 1.807) is 23.0 Å². The molecule has 1 aliphatic rings. The lowest BCUT2D eigenvalue weighted by Crippen LogP contribution is -2.43. The maximum absolute atomic E-state index is 12.4. The first-order chi connectivity index (χ1) is 15.0. The number of benzene rings is 1. The van der Waals surface area contributed by atoms with Crippen molar-refractivity contribution in [3.05, 3.63) is 54.2 Å². The fourth-order valence-electron chi connectivity index (χ4n) is 3.59. The molecule has 1 aromatic carbocycles. The third-order valence-electron chi connectivity index (χ3n) is 5.42. The Bertz CT molecular complexity index is 1020. The SMILES string of the molecule is CN1CCN(Cc2ccc(NC(=O)Nc3cc(-c4ccc(N)nc4)n(C)n3)cc2)CC1. The number of carbonyl (C=O) groups is 1. The van der Waals surface area contributed by atoms with Crippen LogP contribution in [0.5, 0.6) is 0 Å². The van der Waals surface area contributed by atoms with Gasteiger partial charge in [-0.25, -0.2) is 9.78 Å². The molecule has 3 heterocycles. The molecule has 0 unspecified atom stereocenters. The molecule has 1 aliphatic heterocycles. The first-order valence-corrected chi connectivity index (χ1v) is 10.3. The van der Waals surface area contributed by atoms with Crippen LogP contribution in [0.1, 0.15) is 5.56 Å². The summed E-state index contributed by atoms with van der Waals surface area (Å²) < 4.78 is 1.69. The number of hydrogen-bond acceptors (Lipinski definition) is 6. The van der Waals surface area contributed by atoms with Gasteiger partial charge in [-0.05, 0) is 36.9 Å². The van der Waals surface area contributed by atoms with Gasteiger partial charge >= 0.3 is 6.03 Å². The number of amides is 2. The minimum atomic E-state index is -0.341. The second kappa shape index (κ2) is 9.15. The zero-order chi connectivity index (χ0) is 21.8. The molecule has 1 saturated heterocycles. The van der Waals surface area contributed by atoms with Crippen molar-refractivity contribution in [2.45, 2.75) is 6.54 Å². The Kier molecular flexibility index (Phi) is 6.15. The number of carbonyl (C=O) groups excluding carboxylic acids is 1. The molecule has 0 atom stereocenters. The van der Waals surface area contributed by atoms with Gasteiger partial charge in [0.25, 0.3) is 0 Å². The van der Waals surface area contributed by atoms with E-state index in [4.69, 9.17) is 5.73 Å². The van der Waals surface area contributed by atoms with Crippen molar-refractivity contribution in [2.75, 3.05) is 49.6 Å². The van der Waals surface area contributed by atoms with Gasteiger partial charge in [0, 0.05) is 63.3 Å². The van der Waals surface area contributed by atoms with Crippen LogP contribution in [0.4, 0.5) is 22.1 Å². The second-order valence-corrected chi connectivity index (χ2v) is 7.87. The van der Waals surface area contributed by atoms with E-state index in [0.717, 1.165) is 49.7 Å². The Morgan fingerprint density at radius 2 is 1.77 bits per heavy atom. The zero-order valence-electron chi connectivity index (χ0n) is 17.9. The second-order valence-electron chi connectivity index (χ2n) is 7.87. The number of aromatic nitrogens is 3. The number of likely N-dealkylation sites (N-methyl/N-ethyl adjacent to an activating group) is 1. The van der Waals surface area contributed by atoms with E-state index in [9.17, 15) is 4.79 Å². The van der Waals surface area contributed by atoms with Crippen molar-refractivity contribution < 1.29 is 4.79 Å². The molecule has 0 saturated carbocycles. The number of nitrogens with zero attached hydrogens (tertiary/aromatic N) is 5. The molecular weight excluding hydrogens is 392 g/mol. The van der Waals surface area contributed by atoms with E-state index in [1.165, 1.54) is 5.56 Å². The summed E-state index contributed by atoms with van der Waals surface area (Å²) in [6.07, 6.45) is 1.68. The van der Waals surface area contributed by atoms with Crippen LogP contribution in [0, 0.1) is 0 Å². The normalized spacial score (nSPS) is 15.0. The van der Waals surface area contributed by atoms with Crippen LogP contribution in [0.2, 0.25) is 0 Å². The van der Waals surface area contributed by atoms with Gasteiger partial charge in [-0.2, -0.15) is 5.10 Å². The number of urea groups is 1. The number of nitrogen functional groups attached to an aromatic ring is 1. The van der Waals surface area contributed by atoms with Crippen molar-refractivity contribution in [1.29, 1.82) is 0 Å². The lowest BCUT2D eigenvalue weighted by atomic mass is 10.2. The number of pyridine rings is 1. The molecular formula is C22H28N8O. The standard InChI is InChI=1S/C22H28N8O/c1-28-9-11-30(12-10-28)15-16-3-6-18(7-4-16)25-22(31)26-21-13-19(29(2)27-21)17-5-8-20(23)24-14-17/h3-8,13-14H,9-12,15H2,1-2H3,(H2,23,24)(H2,25,26,27,31). The minimum Gasteiger partial charge on any atom is -0.384 e. The predicted molar refractivity (Wildman–Crippen MR) is 123 cm³/mol. The summed E-state index contributed by atoms with van der Waals surface area (Å²) in [4.78, 5) is 21.3. The van der Waals surface area contributed by atoms with Crippen molar-refractivity contribution in [3.8, 4) is 11.3 Å². The Hall–Kier alpha value is -3.43. The third-order valence-corrected chi connectivity index (χ3v) is 5.42. The molecule has 0 bridgehead atoms. The number of piperazine rings is 1. The predicted octanol–water partition coefficient (Wildman–Crippen LogP) is 2.46. The highest BCUT2D eigenvalue weighted by Gasteiger charge is 2.14. The molecule has 9 heteroatoms. The van der Waals surface area contributed by atoms with E-state index in [-0.39, 0.29) is 6.03 Å². The first-order valence-electron chi connectivity index (χ1n) is 10.3. The van der Waals surface area contributed by atoms with Gasteiger partial charge in [0.1, 0.15) is 5.82 Å². The highest BCUT2D eigenvalue weighted by molar-refractivity contribution is 5.99. The van der Waals surface area contributed by atoms with Crippen LogP contribution in [0.15, 0.2) is 48.7 Å². The van der Waals surface area contributed by atoms with Gasteiger partial charge < -0.3 is 16.0 Å². The Balaban J connectivity index is 1.32. The summed E-state index contributed by atoms with van der Waals surface area (Å²) in [6, 6.07) is 13.0. The number of rotatable bonds is 5. The molecule has 2 amide bonds. The number of nitrogens with one attached hydrogen (secondary N) is 2. The monoisotopic (exact) mass is 420 g/mol. The van der Waals surface area contributed by atoms with Gasteiger partial charge in [0.15, 0.2) is 5.82 Å². The van der Waals surface area contributed by atoms with E-state index < -0.39 is 0 Å². The molecule has 0 spiro atoms. The summed E-state index contributed by atoms with van der Waals surface area (Å²) in [5, 5.41) is 9.98. The molecule has 9 nitrogen and oxygen atoms in total. The van der Waals surface area contributed by atoms with Crippen molar-refractivity contribution in [1.82, 2.24) is 24.6 Å². The van der Waals surface area contributed by atoms with E-state index >= 15 is 0 Å². The van der Waals surface area contributed by atoms with Crippen LogP contribution in [-0.4, -0.2) is 63.8 Å². The van der Waals surface area contributed by atoms with Crippen molar-refractivity contribution in [2.24, 2.45) is 7.05 Å². The minimum absolute atomic E-state index is 0.341. The summed E-state index contributed by atoms with van der Waals surface area (Å²) in [6.45, 7) is 5.29. The number of anilines is 3. The van der Waals surface area contributed by atoms with Gasteiger partial charge in [-0.15, -0.1) is 0 Å². The van der Waals surface area contributed by atoms with Gasteiger partial charge in [0.2, 0.25) is 0 Å². The maximum atomic E-state index is 12.4. The highest BCUT2D eigenvalue weighted by Crippen LogP contribution is 2.22. The molecule has 0 aliphatic carbocycles. The lowest BCUT2D eigenvalue weighted by molar-refractivity contribution is 0.148. The topological polar surface area (TPSA) is 104 Å². The van der Waals surface area contributed by atoms with Crippen LogP contribution >= 0.6 is 0 Å². The van der Waals surface area contributed by atoms with Crippen LogP contribution in [-0.2, 0) is 13.6 Å². The molecule has 0 radical (unpaired) electrons. The fraction of sp³-hybridized carbons (Fsp3) is 0.318.